The fourth-order valence-electron chi connectivity index (χ4n) is 0.0821. The van der Waals surface area contributed by atoms with Crippen LogP contribution in [-0.4, -0.2) is 11.9 Å². The second-order valence-corrected chi connectivity index (χ2v) is 1.05. The smallest absolute Gasteiger partial charge is 0.246 e. The molecule has 0 aliphatic heterocycles. The number of rotatable bonds is 1. The van der Waals surface area contributed by atoms with Crippen LogP contribution in [0.1, 0.15) is 0 Å². The van der Waals surface area contributed by atoms with E-state index >= 15 is 0 Å². The lowest BCUT2D eigenvalue weighted by Crippen LogP contribution is -2.34. The Kier molecular flexibility index (Phi) is 5.71. The molecule has 0 rings (SSSR count). The van der Waals surface area contributed by atoms with Crippen molar-refractivity contribution in [2.75, 3.05) is 0 Å². The first-order valence-corrected chi connectivity index (χ1v) is 1.69. The fourth-order valence-corrected chi connectivity index (χ4v) is 0.0821. The zero-order valence-corrected chi connectivity index (χ0v) is 4.94. The largest absolute Gasteiger partial charge is 0.367 e. The fraction of sp³-hybridized carbons (Fsp3) is 0.250. The summed E-state index contributed by atoms with van der Waals surface area (Å²) >= 11 is 0. The Balaban J connectivity index is 0. The summed E-state index contributed by atoms with van der Waals surface area (Å²) in [6.07, 6.45) is 4.70. The average Bonchev–Trinajstić information content (AvgIpc) is 1.65. The number of halogens is 1. The summed E-state index contributed by atoms with van der Waals surface area (Å²) in [5, 5.41) is 0. The Labute approximate surface area is 53.8 Å². The van der Waals surface area contributed by atoms with Crippen molar-refractivity contribution in [3.05, 3.63) is 0 Å². The van der Waals surface area contributed by atoms with E-state index in [1.807, 2.05) is 5.92 Å². The molecule has 0 radical (unpaired) electrons. The molecule has 46 valence electrons. The van der Waals surface area contributed by atoms with Crippen LogP contribution >= 0.6 is 12.4 Å². The first-order valence-electron chi connectivity index (χ1n) is 1.69. The molecule has 0 aliphatic carbocycles. The van der Waals surface area contributed by atoms with Gasteiger partial charge in [0.15, 0.2) is 0 Å². The highest BCUT2D eigenvalue weighted by Crippen LogP contribution is 1.65. The minimum Gasteiger partial charge on any atom is -0.367 e. The lowest BCUT2D eigenvalue weighted by Gasteiger charge is -1.91. The van der Waals surface area contributed by atoms with Gasteiger partial charge in [-0.25, -0.2) is 0 Å². The van der Waals surface area contributed by atoms with E-state index in [-0.39, 0.29) is 12.4 Å². The van der Waals surface area contributed by atoms with E-state index in [1.165, 1.54) is 0 Å². The lowest BCUT2D eigenvalue weighted by molar-refractivity contribution is -0.118. The highest BCUT2D eigenvalue weighted by atomic mass is 35.5. The van der Waals surface area contributed by atoms with Gasteiger partial charge in [0.2, 0.25) is 5.91 Å². The maximum absolute atomic E-state index is 9.89. The van der Waals surface area contributed by atoms with Crippen molar-refractivity contribution in [3.63, 3.8) is 0 Å². The van der Waals surface area contributed by atoms with Crippen LogP contribution in [0.3, 0.4) is 0 Å². The van der Waals surface area contributed by atoms with Crippen molar-refractivity contribution in [1.29, 1.82) is 0 Å². The number of amides is 1. The topological polar surface area (TPSA) is 69.1 Å². The van der Waals surface area contributed by atoms with Gasteiger partial charge < -0.3 is 11.5 Å². The Morgan fingerprint density at radius 3 is 2.12 bits per heavy atom. The van der Waals surface area contributed by atoms with Gasteiger partial charge in [-0.15, -0.1) is 18.8 Å². The van der Waals surface area contributed by atoms with E-state index in [4.69, 9.17) is 12.2 Å². The molecule has 0 fully saturated rings. The minimum atomic E-state index is -0.931. The number of carbonyl (C=O) groups is 1. The van der Waals surface area contributed by atoms with Gasteiger partial charge in [0.25, 0.3) is 0 Å². The maximum Gasteiger partial charge on any atom is 0.246 e. The van der Waals surface area contributed by atoms with Gasteiger partial charge in [0.05, 0.1) is 0 Å². The van der Waals surface area contributed by atoms with E-state index < -0.39 is 11.9 Å². The Hall–Kier alpha value is -0.720. The average molecular weight is 135 g/mol. The number of nitrogens with two attached hydrogens (primary N) is 2. The molecule has 0 unspecified atom stereocenters. The SMILES string of the molecule is C#C[C@H](N)C(N)=O.Cl. The molecule has 0 aromatic heterocycles. The Morgan fingerprint density at radius 2 is 2.12 bits per heavy atom. The summed E-state index contributed by atoms with van der Waals surface area (Å²) in [5.41, 5.74) is 9.55. The molecule has 0 heterocycles. The van der Waals surface area contributed by atoms with Crippen LogP contribution in [0.15, 0.2) is 0 Å². The number of primary amides is 1. The molecule has 4 heteroatoms. The minimum absolute atomic E-state index is 0. The van der Waals surface area contributed by atoms with Gasteiger partial charge in [0, 0.05) is 0 Å². The molecule has 0 saturated heterocycles. The summed E-state index contributed by atoms with van der Waals surface area (Å²) < 4.78 is 0. The molecular weight excluding hydrogens is 128 g/mol. The number of hydrogen-bond donors (Lipinski definition) is 2. The van der Waals surface area contributed by atoms with Gasteiger partial charge in [0.1, 0.15) is 6.04 Å². The van der Waals surface area contributed by atoms with E-state index in [0.29, 0.717) is 0 Å². The van der Waals surface area contributed by atoms with Crippen LogP contribution in [0.2, 0.25) is 0 Å². The number of carbonyl (C=O) groups excluding carboxylic acids is 1. The van der Waals surface area contributed by atoms with E-state index in [1.54, 1.807) is 0 Å². The van der Waals surface area contributed by atoms with Gasteiger partial charge in [-0.2, -0.15) is 0 Å². The lowest BCUT2D eigenvalue weighted by atomic mass is 10.3. The molecule has 1 amide bonds. The molecule has 0 aliphatic rings. The van der Waals surface area contributed by atoms with Crippen LogP contribution in [0, 0.1) is 12.3 Å². The maximum atomic E-state index is 9.89. The van der Waals surface area contributed by atoms with E-state index in [2.05, 4.69) is 5.73 Å². The van der Waals surface area contributed by atoms with Crippen molar-refractivity contribution in [2.45, 2.75) is 6.04 Å². The standard InChI is InChI=1S/C4H6N2O.ClH/c1-2-3(5)4(6)7;/h1,3H,5H2,(H2,6,7);1H/t3-;/m0./s1. The zero-order chi connectivity index (χ0) is 5.86. The molecule has 0 bridgehead atoms. The van der Waals surface area contributed by atoms with Crippen molar-refractivity contribution >= 4 is 18.3 Å². The van der Waals surface area contributed by atoms with Gasteiger partial charge >= 0.3 is 0 Å². The number of terminal acetylenes is 1. The number of hydrogen-bond acceptors (Lipinski definition) is 2. The van der Waals surface area contributed by atoms with Crippen LogP contribution in [0.5, 0.6) is 0 Å². The molecule has 8 heavy (non-hydrogen) atoms. The highest BCUT2D eigenvalue weighted by molar-refractivity contribution is 5.85. The molecule has 1 atom stereocenters. The predicted molar refractivity (Wildman–Crippen MR) is 33.3 cm³/mol. The predicted octanol–water partition coefficient (Wildman–Crippen LogP) is -1.15. The molecule has 0 aromatic rings. The quantitative estimate of drug-likeness (QED) is 0.445. The Morgan fingerprint density at radius 1 is 1.75 bits per heavy atom. The van der Waals surface area contributed by atoms with Crippen molar-refractivity contribution < 1.29 is 4.79 Å². The van der Waals surface area contributed by atoms with Crippen molar-refractivity contribution in [3.8, 4) is 12.3 Å². The summed E-state index contributed by atoms with van der Waals surface area (Å²) in [4.78, 5) is 9.89. The zero-order valence-electron chi connectivity index (χ0n) is 4.13. The molecule has 3 nitrogen and oxygen atoms in total. The molecule has 4 N–H and O–H groups in total. The summed E-state index contributed by atoms with van der Waals surface area (Å²) in [7, 11) is 0. The van der Waals surface area contributed by atoms with Gasteiger partial charge in [-0.05, 0) is 0 Å². The van der Waals surface area contributed by atoms with Crippen molar-refractivity contribution in [2.24, 2.45) is 11.5 Å². The molecule has 0 saturated carbocycles. The van der Waals surface area contributed by atoms with Crippen LogP contribution in [0.25, 0.3) is 0 Å². The Bertz CT molecular complexity index is 118. The third-order valence-corrected chi connectivity index (χ3v) is 0.486. The summed E-state index contributed by atoms with van der Waals surface area (Å²) in [5.74, 6) is 1.30. The van der Waals surface area contributed by atoms with E-state index in [9.17, 15) is 4.79 Å². The van der Waals surface area contributed by atoms with Crippen LogP contribution in [-0.2, 0) is 4.79 Å². The van der Waals surface area contributed by atoms with Gasteiger partial charge in [-0.1, -0.05) is 5.92 Å². The third kappa shape index (κ3) is 3.47. The van der Waals surface area contributed by atoms with Gasteiger partial charge in [-0.3, -0.25) is 4.79 Å². The highest BCUT2D eigenvalue weighted by Gasteiger charge is 2.00. The van der Waals surface area contributed by atoms with Crippen LogP contribution < -0.4 is 11.5 Å². The second kappa shape index (κ2) is 4.44. The second-order valence-electron chi connectivity index (χ2n) is 1.05. The molecule has 0 spiro atoms. The van der Waals surface area contributed by atoms with Crippen molar-refractivity contribution in [1.82, 2.24) is 0 Å². The monoisotopic (exact) mass is 134 g/mol. The first kappa shape index (κ1) is 10.3. The summed E-state index contributed by atoms with van der Waals surface area (Å²) in [6, 6.07) is -0.931. The normalized spacial score (nSPS) is 10.5. The molecule has 0 aromatic carbocycles. The summed E-state index contributed by atoms with van der Waals surface area (Å²) in [6.45, 7) is 0. The third-order valence-electron chi connectivity index (χ3n) is 0.486. The van der Waals surface area contributed by atoms with E-state index in [0.717, 1.165) is 0 Å². The molecular formula is C4H7ClN2O. The van der Waals surface area contributed by atoms with Crippen LogP contribution in [0.4, 0.5) is 0 Å². The first-order chi connectivity index (χ1) is 3.18.